The predicted molar refractivity (Wildman–Crippen MR) is 120 cm³/mol. The lowest BCUT2D eigenvalue weighted by Gasteiger charge is -2.32. The average Bonchev–Trinajstić information content (AvgIpc) is 2.72. The van der Waals surface area contributed by atoms with Crippen LogP contribution >= 0.6 is 0 Å². The zero-order valence-corrected chi connectivity index (χ0v) is 18.7. The molecule has 7 nitrogen and oxygen atoms in total. The van der Waals surface area contributed by atoms with Gasteiger partial charge in [0, 0.05) is 59.0 Å². The summed E-state index contributed by atoms with van der Waals surface area (Å²) in [6.45, 7) is 10.7. The van der Waals surface area contributed by atoms with Crippen molar-refractivity contribution in [3.05, 3.63) is 29.3 Å². The van der Waals surface area contributed by atoms with Crippen LogP contribution in [0, 0.1) is 6.92 Å². The van der Waals surface area contributed by atoms with E-state index in [2.05, 4.69) is 57.6 Å². The van der Waals surface area contributed by atoms with Gasteiger partial charge >= 0.3 is 0 Å². The zero-order valence-electron chi connectivity index (χ0n) is 18.7. The van der Waals surface area contributed by atoms with E-state index in [0.29, 0.717) is 19.8 Å². The van der Waals surface area contributed by atoms with Crippen LogP contribution in [0.25, 0.3) is 0 Å². The summed E-state index contributed by atoms with van der Waals surface area (Å²) < 4.78 is 11.0. The Morgan fingerprint density at radius 2 is 1.90 bits per heavy atom. The maximum atomic E-state index is 5.87. The SMILES string of the molecule is CN=C(NCCCCN1CCN(C)CC1)NCc1ccc(C)cc1OCCOC. The van der Waals surface area contributed by atoms with Gasteiger partial charge in [0.05, 0.1) is 6.61 Å². The van der Waals surface area contributed by atoms with Crippen molar-refractivity contribution in [3.8, 4) is 5.75 Å². The van der Waals surface area contributed by atoms with Crippen LogP contribution in [-0.2, 0) is 11.3 Å². The van der Waals surface area contributed by atoms with Crippen molar-refractivity contribution in [2.75, 3.05) is 73.7 Å². The van der Waals surface area contributed by atoms with E-state index in [4.69, 9.17) is 9.47 Å². The first-order valence-electron chi connectivity index (χ1n) is 10.7. The molecule has 0 unspecified atom stereocenters. The van der Waals surface area contributed by atoms with Gasteiger partial charge in [0.25, 0.3) is 0 Å². The molecule has 164 valence electrons. The number of guanidine groups is 1. The van der Waals surface area contributed by atoms with Crippen molar-refractivity contribution in [1.29, 1.82) is 0 Å². The highest BCUT2D eigenvalue weighted by atomic mass is 16.5. The summed E-state index contributed by atoms with van der Waals surface area (Å²) in [5.74, 6) is 1.73. The Hall–Kier alpha value is -1.83. The number of aryl methyl sites for hydroxylation is 1. The molecule has 1 aromatic carbocycles. The minimum absolute atomic E-state index is 0.549. The van der Waals surface area contributed by atoms with Crippen LogP contribution in [0.3, 0.4) is 0 Å². The number of ether oxygens (including phenoxy) is 2. The molecule has 0 aliphatic carbocycles. The number of rotatable bonds is 11. The number of nitrogens with zero attached hydrogens (tertiary/aromatic N) is 3. The Labute approximate surface area is 176 Å². The number of likely N-dealkylation sites (N-methyl/N-ethyl adjacent to an activating group) is 1. The van der Waals surface area contributed by atoms with Gasteiger partial charge in [-0.15, -0.1) is 0 Å². The van der Waals surface area contributed by atoms with Crippen LogP contribution in [0.5, 0.6) is 5.75 Å². The van der Waals surface area contributed by atoms with Crippen LogP contribution in [0.2, 0.25) is 0 Å². The molecule has 0 atom stereocenters. The third kappa shape index (κ3) is 9.02. The highest BCUT2D eigenvalue weighted by molar-refractivity contribution is 5.79. The fourth-order valence-electron chi connectivity index (χ4n) is 3.32. The highest BCUT2D eigenvalue weighted by Crippen LogP contribution is 2.20. The Kier molecular flexibility index (Phi) is 10.8. The molecule has 2 rings (SSSR count). The third-order valence-electron chi connectivity index (χ3n) is 5.23. The summed E-state index contributed by atoms with van der Waals surface area (Å²) in [6, 6.07) is 6.28. The summed E-state index contributed by atoms with van der Waals surface area (Å²) >= 11 is 0. The minimum atomic E-state index is 0.549. The number of hydrogen-bond donors (Lipinski definition) is 2. The topological polar surface area (TPSA) is 61.4 Å². The van der Waals surface area contributed by atoms with Gasteiger partial charge in [0.1, 0.15) is 12.4 Å². The number of aliphatic imine (C=N–C) groups is 1. The molecule has 0 saturated carbocycles. The van der Waals surface area contributed by atoms with Crippen molar-refractivity contribution in [3.63, 3.8) is 0 Å². The quantitative estimate of drug-likeness (QED) is 0.332. The molecule has 0 bridgehead atoms. The van der Waals surface area contributed by atoms with Gasteiger partial charge in [-0.2, -0.15) is 0 Å². The molecule has 1 aliphatic heterocycles. The minimum Gasteiger partial charge on any atom is -0.491 e. The van der Waals surface area contributed by atoms with E-state index < -0.39 is 0 Å². The van der Waals surface area contributed by atoms with Crippen molar-refractivity contribution < 1.29 is 9.47 Å². The maximum absolute atomic E-state index is 5.87. The lowest BCUT2D eigenvalue weighted by atomic mass is 10.1. The molecule has 0 spiro atoms. The van der Waals surface area contributed by atoms with Gasteiger partial charge in [-0.3, -0.25) is 4.99 Å². The van der Waals surface area contributed by atoms with E-state index in [9.17, 15) is 0 Å². The third-order valence-corrected chi connectivity index (χ3v) is 5.23. The first-order valence-corrected chi connectivity index (χ1v) is 10.7. The Bertz CT molecular complexity index is 615. The zero-order chi connectivity index (χ0) is 20.9. The van der Waals surface area contributed by atoms with Gasteiger partial charge in [-0.05, 0) is 45.0 Å². The fourth-order valence-corrected chi connectivity index (χ4v) is 3.32. The van der Waals surface area contributed by atoms with Crippen molar-refractivity contribution in [1.82, 2.24) is 20.4 Å². The van der Waals surface area contributed by atoms with Gasteiger partial charge in [0.15, 0.2) is 5.96 Å². The molecule has 0 radical (unpaired) electrons. The summed E-state index contributed by atoms with van der Waals surface area (Å²) in [7, 11) is 5.69. The molecular formula is C22H39N5O2. The summed E-state index contributed by atoms with van der Waals surface area (Å²) in [4.78, 5) is 9.30. The molecule has 1 aromatic rings. The lowest BCUT2D eigenvalue weighted by molar-refractivity contribution is 0.145. The van der Waals surface area contributed by atoms with E-state index in [1.807, 2.05) is 7.05 Å². The van der Waals surface area contributed by atoms with Crippen molar-refractivity contribution >= 4 is 5.96 Å². The molecule has 0 aromatic heterocycles. The number of benzene rings is 1. The molecule has 2 N–H and O–H groups in total. The fraction of sp³-hybridized carbons (Fsp3) is 0.682. The van der Waals surface area contributed by atoms with E-state index >= 15 is 0 Å². The molecule has 29 heavy (non-hydrogen) atoms. The van der Waals surface area contributed by atoms with Crippen LogP contribution in [0.1, 0.15) is 24.0 Å². The van der Waals surface area contributed by atoms with Gasteiger partial charge < -0.3 is 29.9 Å². The first-order chi connectivity index (χ1) is 14.1. The standard InChI is InChI=1S/C22H39N5O2/c1-19-7-8-20(21(17-19)29-16-15-28-4)18-25-22(23-2)24-9-5-6-10-27-13-11-26(3)12-14-27/h7-8,17H,5-6,9-16,18H2,1-4H3,(H2,23,24,25). The van der Waals surface area contributed by atoms with E-state index in [1.165, 1.54) is 44.7 Å². The van der Waals surface area contributed by atoms with Gasteiger partial charge in [0.2, 0.25) is 0 Å². The predicted octanol–water partition coefficient (Wildman–Crippen LogP) is 1.71. The molecule has 7 heteroatoms. The summed E-state index contributed by atoms with van der Waals surface area (Å²) in [5.41, 5.74) is 2.30. The Balaban J connectivity index is 1.68. The van der Waals surface area contributed by atoms with Gasteiger partial charge in [-0.1, -0.05) is 12.1 Å². The van der Waals surface area contributed by atoms with Crippen LogP contribution in [0.4, 0.5) is 0 Å². The van der Waals surface area contributed by atoms with E-state index in [0.717, 1.165) is 30.2 Å². The number of methoxy groups -OCH3 is 1. The van der Waals surface area contributed by atoms with Crippen molar-refractivity contribution in [2.24, 2.45) is 4.99 Å². The van der Waals surface area contributed by atoms with Crippen LogP contribution in [-0.4, -0.2) is 89.4 Å². The molecule has 1 heterocycles. The average molecular weight is 406 g/mol. The molecular weight excluding hydrogens is 366 g/mol. The largest absolute Gasteiger partial charge is 0.491 e. The first kappa shape index (κ1) is 23.4. The highest BCUT2D eigenvalue weighted by Gasteiger charge is 2.12. The van der Waals surface area contributed by atoms with Crippen LogP contribution < -0.4 is 15.4 Å². The molecule has 0 amide bonds. The normalized spacial score (nSPS) is 16.1. The summed E-state index contributed by atoms with van der Waals surface area (Å²) in [5, 5.41) is 6.81. The Morgan fingerprint density at radius 1 is 1.10 bits per heavy atom. The molecule has 1 aliphatic rings. The van der Waals surface area contributed by atoms with E-state index in [-0.39, 0.29) is 0 Å². The smallest absolute Gasteiger partial charge is 0.191 e. The number of hydrogen-bond acceptors (Lipinski definition) is 5. The van der Waals surface area contributed by atoms with Crippen LogP contribution in [0.15, 0.2) is 23.2 Å². The van der Waals surface area contributed by atoms with Gasteiger partial charge in [-0.25, -0.2) is 0 Å². The van der Waals surface area contributed by atoms with E-state index in [1.54, 1.807) is 7.11 Å². The molecule has 1 saturated heterocycles. The molecule has 1 fully saturated rings. The second-order valence-corrected chi connectivity index (χ2v) is 7.66. The number of unbranched alkanes of at least 4 members (excludes halogenated alkanes) is 1. The van der Waals surface area contributed by atoms with Crippen molar-refractivity contribution in [2.45, 2.75) is 26.3 Å². The summed E-state index contributed by atoms with van der Waals surface area (Å²) in [6.07, 6.45) is 2.35. The second kappa shape index (κ2) is 13.4. The monoisotopic (exact) mass is 405 g/mol. The second-order valence-electron chi connectivity index (χ2n) is 7.66. The number of nitrogens with one attached hydrogen (secondary N) is 2. The Morgan fingerprint density at radius 3 is 2.62 bits per heavy atom. The number of piperazine rings is 1. The lowest BCUT2D eigenvalue weighted by Crippen LogP contribution is -2.44. The maximum Gasteiger partial charge on any atom is 0.191 e.